The van der Waals surface area contributed by atoms with E-state index in [1.54, 1.807) is 0 Å². The molecule has 0 spiro atoms. The van der Waals surface area contributed by atoms with Crippen LogP contribution in [-0.4, -0.2) is 26.9 Å². The average Bonchev–Trinajstić information content (AvgIpc) is 2.24. The fourth-order valence-electron chi connectivity index (χ4n) is 2.59. The molecule has 3 atom stereocenters. The highest BCUT2D eigenvalue weighted by molar-refractivity contribution is 7.89. The lowest BCUT2D eigenvalue weighted by Crippen LogP contribution is -2.31. The number of nitrogens with two attached hydrogens (primary N) is 1. The summed E-state index contributed by atoms with van der Waals surface area (Å²) in [5.74, 6) is 0.631. The maximum absolute atomic E-state index is 10.9. The van der Waals surface area contributed by atoms with Crippen LogP contribution in [-0.2, 0) is 14.8 Å². The third-order valence-corrected chi connectivity index (χ3v) is 4.51. The maximum Gasteiger partial charge on any atom is 0.209 e. The molecule has 2 N–H and O–H groups in total. The molecule has 4 nitrogen and oxygen atoms in total. The highest BCUT2D eigenvalue weighted by Crippen LogP contribution is 2.29. The van der Waals surface area contributed by atoms with Gasteiger partial charge in [0.1, 0.15) is 0 Å². The summed E-state index contributed by atoms with van der Waals surface area (Å²) in [4.78, 5) is 0. The second kappa shape index (κ2) is 6.71. The van der Waals surface area contributed by atoms with Crippen molar-refractivity contribution in [1.82, 2.24) is 0 Å². The summed E-state index contributed by atoms with van der Waals surface area (Å²) in [6.45, 7) is 4.56. The van der Waals surface area contributed by atoms with E-state index >= 15 is 0 Å². The molecule has 1 aliphatic rings. The van der Waals surface area contributed by atoms with Crippen molar-refractivity contribution in [2.24, 2.45) is 17.0 Å². The fourth-order valence-corrected chi connectivity index (χ4v) is 3.48. The molecule has 0 saturated heterocycles. The van der Waals surface area contributed by atoms with Crippen LogP contribution in [0.3, 0.4) is 0 Å². The van der Waals surface area contributed by atoms with Crippen LogP contribution in [0.15, 0.2) is 0 Å². The SMILES string of the molecule is CCC1CCCCC1OCC(C)CS(N)(=O)=O. The number of hydrogen-bond donors (Lipinski definition) is 1. The lowest BCUT2D eigenvalue weighted by atomic mass is 9.85. The van der Waals surface area contributed by atoms with Crippen molar-refractivity contribution in [3.63, 3.8) is 0 Å². The molecule has 0 aliphatic heterocycles. The Morgan fingerprint density at radius 3 is 2.59 bits per heavy atom. The first-order chi connectivity index (χ1) is 7.92. The zero-order valence-corrected chi connectivity index (χ0v) is 11.7. The van der Waals surface area contributed by atoms with Gasteiger partial charge in [-0.15, -0.1) is 0 Å². The van der Waals surface area contributed by atoms with Gasteiger partial charge in [-0.3, -0.25) is 0 Å². The Bertz CT molecular complexity index is 316. The molecule has 17 heavy (non-hydrogen) atoms. The van der Waals surface area contributed by atoms with Crippen LogP contribution in [0.4, 0.5) is 0 Å². The molecule has 1 aliphatic carbocycles. The van der Waals surface area contributed by atoms with E-state index in [0.717, 1.165) is 12.8 Å². The van der Waals surface area contributed by atoms with Crippen molar-refractivity contribution >= 4 is 10.0 Å². The van der Waals surface area contributed by atoms with E-state index in [1.807, 2.05) is 6.92 Å². The van der Waals surface area contributed by atoms with Gasteiger partial charge in [0.15, 0.2) is 0 Å². The zero-order valence-electron chi connectivity index (χ0n) is 10.9. The standard InChI is InChI=1S/C12H25NO3S/c1-3-11-6-4-5-7-12(11)16-8-10(2)9-17(13,14)15/h10-12H,3-9H2,1-2H3,(H2,13,14,15). The van der Waals surface area contributed by atoms with Gasteiger partial charge in [-0.1, -0.05) is 33.1 Å². The first-order valence-electron chi connectivity index (χ1n) is 6.54. The van der Waals surface area contributed by atoms with E-state index < -0.39 is 10.0 Å². The van der Waals surface area contributed by atoms with Crippen molar-refractivity contribution in [3.05, 3.63) is 0 Å². The first kappa shape index (κ1) is 14.9. The molecule has 5 heteroatoms. The Balaban J connectivity index is 2.33. The molecule has 0 aromatic heterocycles. The Hall–Kier alpha value is -0.130. The fraction of sp³-hybridized carbons (Fsp3) is 1.00. The van der Waals surface area contributed by atoms with E-state index in [9.17, 15) is 8.42 Å². The van der Waals surface area contributed by atoms with E-state index in [4.69, 9.17) is 9.88 Å². The van der Waals surface area contributed by atoms with Crippen molar-refractivity contribution < 1.29 is 13.2 Å². The van der Waals surface area contributed by atoms with Crippen molar-refractivity contribution in [2.75, 3.05) is 12.4 Å². The second-order valence-corrected chi connectivity index (χ2v) is 6.92. The van der Waals surface area contributed by atoms with Gasteiger partial charge in [-0.2, -0.15) is 0 Å². The predicted octanol–water partition coefficient (Wildman–Crippen LogP) is 1.90. The van der Waals surface area contributed by atoms with Crippen molar-refractivity contribution in [3.8, 4) is 0 Å². The predicted molar refractivity (Wildman–Crippen MR) is 69.1 cm³/mol. The second-order valence-electron chi connectivity index (χ2n) is 5.26. The maximum atomic E-state index is 10.9. The van der Waals surface area contributed by atoms with Crippen LogP contribution in [0.25, 0.3) is 0 Å². The number of ether oxygens (including phenoxy) is 1. The topological polar surface area (TPSA) is 69.4 Å². The summed E-state index contributed by atoms with van der Waals surface area (Å²) in [5, 5.41) is 5.02. The lowest BCUT2D eigenvalue weighted by molar-refractivity contribution is -0.0231. The van der Waals surface area contributed by atoms with Gasteiger partial charge in [-0.05, 0) is 24.7 Å². The summed E-state index contributed by atoms with van der Waals surface area (Å²) in [7, 11) is -3.38. The van der Waals surface area contributed by atoms with Crippen LogP contribution in [0, 0.1) is 11.8 Å². The Morgan fingerprint density at radius 2 is 2.00 bits per heavy atom. The number of hydrogen-bond acceptors (Lipinski definition) is 3. The zero-order chi connectivity index (χ0) is 12.9. The van der Waals surface area contributed by atoms with Crippen LogP contribution in [0.5, 0.6) is 0 Å². The largest absolute Gasteiger partial charge is 0.378 e. The monoisotopic (exact) mass is 263 g/mol. The van der Waals surface area contributed by atoms with Gasteiger partial charge in [0.2, 0.25) is 10.0 Å². The minimum atomic E-state index is -3.38. The average molecular weight is 263 g/mol. The molecule has 1 rings (SSSR count). The molecular formula is C12H25NO3S. The van der Waals surface area contributed by atoms with Crippen LogP contribution >= 0.6 is 0 Å². The quantitative estimate of drug-likeness (QED) is 0.795. The highest BCUT2D eigenvalue weighted by Gasteiger charge is 2.25. The van der Waals surface area contributed by atoms with Crippen LogP contribution in [0.1, 0.15) is 46.0 Å². The number of rotatable bonds is 6. The molecule has 0 radical (unpaired) electrons. The van der Waals surface area contributed by atoms with Crippen molar-refractivity contribution in [2.45, 2.75) is 52.1 Å². The summed E-state index contributed by atoms with van der Waals surface area (Å²) >= 11 is 0. The summed E-state index contributed by atoms with van der Waals surface area (Å²) < 4.78 is 27.7. The molecule has 1 saturated carbocycles. The smallest absolute Gasteiger partial charge is 0.209 e. The van der Waals surface area contributed by atoms with Gasteiger partial charge >= 0.3 is 0 Å². The van der Waals surface area contributed by atoms with Crippen LogP contribution < -0.4 is 5.14 Å². The third kappa shape index (κ3) is 5.84. The van der Waals surface area contributed by atoms with E-state index in [2.05, 4.69) is 6.92 Å². The van der Waals surface area contributed by atoms with Gasteiger partial charge in [0.05, 0.1) is 18.5 Å². The minimum absolute atomic E-state index is 0.0104. The Kier molecular flexibility index (Phi) is 5.89. The molecule has 0 aromatic carbocycles. The summed E-state index contributed by atoms with van der Waals surface area (Å²) in [6.07, 6.45) is 6.34. The van der Waals surface area contributed by atoms with Gasteiger partial charge in [0, 0.05) is 0 Å². The Labute approximate surface area is 105 Å². The normalized spacial score (nSPS) is 27.9. The molecular weight excluding hydrogens is 238 g/mol. The van der Waals surface area contributed by atoms with Gasteiger partial charge < -0.3 is 4.74 Å². The number of sulfonamides is 1. The van der Waals surface area contributed by atoms with Gasteiger partial charge in [-0.25, -0.2) is 13.6 Å². The van der Waals surface area contributed by atoms with E-state index in [0.29, 0.717) is 18.6 Å². The number of primary sulfonamides is 1. The Morgan fingerprint density at radius 1 is 1.35 bits per heavy atom. The van der Waals surface area contributed by atoms with E-state index in [-0.39, 0.29) is 11.7 Å². The molecule has 102 valence electrons. The molecule has 0 amide bonds. The minimum Gasteiger partial charge on any atom is -0.378 e. The third-order valence-electron chi connectivity index (χ3n) is 3.48. The molecule has 0 heterocycles. The van der Waals surface area contributed by atoms with Gasteiger partial charge in [0.25, 0.3) is 0 Å². The summed E-state index contributed by atoms with van der Waals surface area (Å²) in [6, 6.07) is 0. The highest BCUT2D eigenvalue weighted by atomic mass is 32.2. The molecule has 0 aromatic rings. The van der Waals surface area contributed by atoms with Crippen LogP contribution in [0.2, 0.25) is 0 Å². The first-order valence-corrected chi connectivity index (χ1v) is 8.26. The molecule has 1 fully saturated rings. The lowest BCUT2D eigenvalue weighted by Gasteiger charge is -2.31. The van der Waals surface area contributed by atoms with E-state index in [1.165, 1.54) is 19.3 Å². The van der Waals surface area contributed by atoms with Crippen molar-refractivity contribution in [1.29, 1.82) is 0 Å². The molecule has 3 unspecified atom stereocenters. The summed E-state index contributed by atoms with van der Waals surface area (Å²) in [5.41, 5.74) is 0. The molecule has 0 bridgehead atoms.